The molecule has 1 nitrogen and oxygen atoms in total. The summed E-state index contributed by atoms with van der Waals surface area (Å²) in [6.45, 7) is 5.23. The summed E-state index contributed by atoms with van der Waals surface area (Å²) >= 11 is 0. The average Bonchev–Trinajstić information content (AvgIpc) is 1.82. The van der Waals surface area contributed by atoms with Gasteiger partial charge in [-0.05, 0) is 26.1 Å². The van der Waals surface area contributed by atoms with E-state index < -0.39 is 20.3 Å². The van der Waals surface area contributed by atoms with Gasteiger partial charge in [0.05, 0.1) is 0 Å². The topological polar surface area (TPSA) is 17.1 Å². The first-order valence-corrected chi connectivity index (χ1v) is 4.98. The van der Waals surface area contributed by atoms with Crippen LogP contribution in [0.1, 0.15) is 38.7 Å². The van der Waals surface area contributed by atoms with E-state index in [0.29, 0.717) is 0 Å². The lowest BCUT2D eigenvalue weighted by Gasteiger charge is -2.21. The molecule has 0 fully saturated rings. The van der Waals surface area contributed by atoms with Gasteiger partial charge in [0.25, 0.3) is 0 Å². The molecule has 0 saturated heterocycles. The molecular weight excluding hydrogens is 143 g/mol. The molecule has 0 heterocycles. The number of carbonyl (C=O) groups excluding carboxylic acids is 1. The number of hydrogen-bond donors (Lipinski definition) is 0. The molecule has 0 unspecified atom stereocenters. The zero-order chi connectivity index (χ0) is 10.8. The number of rotatable bonds is 3. The lowest BCUT2D eigenvalue weighted by Crippen LogP contribution is -2.08. The van der Waals surface area contributed by atoms with E-state index in [4.69, 9.17) is 4.11 Å². The van der Waals surface area contributed by atoms with Gasteiger partial charge >= 0.3 is 0 Å². The molecule has 60 valence electrons. The van der Waals surface area contributed by atoms with Gasteiger partial charge in [0, 0.05) is 4.11 Å². The van der Waals surface area contributed by atoms with E-state index in [0.717, 1.165) is 0 Å². The van der Waals surface area contributed by atoms with Crippen molar-refractivity contribution in [2.75, 3.05) is 0 Å². The van der Waals surface area contributed by atoms with Gasteiger partial charge in [-0.15, -0.1) is 0 Å². The second-order valence-corrected chi connectivity index (χ2v) is 6.19. The molecule has 0 atom stereocenters. The van der Waals surface area contributed by atoms with E-state index in [-0.39, 0.29) is 11.3 Å². The highest BCUT2D eigenvalue weighted by Gasteiger charge is 2.20. The first-order valence-electron chi connectivity index (χ1n) is 5.00. The maximum Gasteiger partial charge on any atom is 0.151 e. The van der Waals surface area contributed by atoms with Gasteiger partial charge in [0.15, 0.2) is 5.52 Å². The molecule has 0 aliphatic rings. The quantitative estimate of drug-likeness (QED) is 0.585. The van der Waals surface area contributed by atoms with Crippen molar-refractivity contribution in [1.29, 1.82) is 0 Å². The molecule has 0 N–H and O–H groups in total. The third-order valence-electron chi connectivity index (χ3n) is 1.35. The van der Waals surface area contributed by atoms with Crippen LogP contribution in [0, 0.1) is 0 Å². The molecule has 10 heavy (non-hydrogen) atoms. The Labute approximate surface area is 69.2 Å². The van der Waals surface area contributed by atoms with Crippen molar-refractivity contribution < 1.29 is 8.91 Å². The predicted octanol–water partition coefficient (Wildman–Crippen LogP) is 2.83. The van der Waals surface area contributed by atoms with Crippen LogP contribution in [0.25, 0.3) is 0 Å². The summed E-state index contributed by atoms with van der Waals surface area (Å²) in [6.07, 6.45) is 0. The Kier molecular flexibility index (Phi) is 2.33. The van der Waals surface area contributed by atoms with E-state index in [2.05, 4.69) is 0 Å². The van der Waals surface area contributed by atoms with Crippen LogP contribution in [0.4, 0.5) is 0 Å². The molecule has 0 bridgehead atoms. The van der Waals surface area contributed by atoms with Crippen LogP contribution < -0.4 is 0 Å². The zero-order valence-electron chi connectivity index (χ0n) is 10.0. The summed E-state index contributed by atoms with van der Waals surface area (Å²) in [6, 6.07) is 0. The van der Waals surface area contributed by atoms with Gasteiger partial charge in [-0.3, -0.25) is 4.79 Å². The van der Waals surface area contributed by atoms with Crippen LogP contribution in [0.2, 0.25) is 0 Å². The lowest BCUT2D eigenvalue weighted by atomic mass is 10.5. The molecule has 0 aliphatic heterocycles. The third-order valence-corrected chi connectivity index (χ3v) is 4.04. The normalized spacial score (nSPS) is 17.3. The summed E-state index contributed by atoms with van der Waals surface area (Å²) in [4.78, 5) is 11.5. The van der Waals surface area contributed by atoms with Crippen LogP contribution in [-0.4, -0.2) is 16.8 Å². The summed E-state index contributed by atoms with van der Waals surface area (Å²) in [5.41, 5.74) is -0.224. The van der Waals surface area contributed by atoms with Gasteiger partial charge in [0.2, 0.25) is 0 Å². The third kappa shape index (κ3) is 2.79. The molecule has 2 heteroatoms. The minimum absolute atomic E-state index is 0.155. The maximum atomic E-state index is 11.5. The van der Waals surface area contributed by atoms with Crippen LogP contribution in [0.5, 0.6) is 0 Å². The van der Waals surface area contributed by atoms with Crippen LogP contribution in [0.15, 0.2) is 0 Å². The molecule has 0 aromatic heterocycles. The Hall–Kier alpha value is 0.100. The van der Waals surface area contributed by atoms with Gasteiger partial charge in [-0.2, -0.15) is 0 Å². The molecule has 0 amide bonds. The van der Waals surface area contributed by atoms with E-state index in [1.807, 2.05) is 27.7 Å². The van der Waals surface area contributed by atoms with Gasteiger partial charge < -0.3 is 0 Å². The standard InChI is InChI=1S/C8H17OP/c1-6(2)10(7(3)4)8(5)9/h6-7H,1-5H3/i5D3. The summed E-state index contributed by atoms with van der Waals surface area (Å²) in [7, 11) is -1.03. The second-order valence-electron chi connectivity index (χ2n) is 2.90. The van der Waals surface area contributed by atoms with Crippen molar-refractivity contribution in [3.05, 3.63) is 0 Å². The van der Waals surface area contributed by atoms with Gasteiger partial charge in [-0.1, -0.05) is 27.7 Å². The fourth-order valence-electron chi connectivity index (χ4n) is 1.07. The average molecular weight is 163 g/mol. The molecule has 0 rings (SSSR count). The molecule has 0 aromatic rings. The fraction of sp³-hybridized carbons (Fsp3) is 0.875. The monoisotopic (exact) mass is 163 g/mol. The summed E-state index contributed by atoms with van der Waals surface area (Å²) in [5, 5.41) is 0. The van der Waals surface area contributed by atoms with Gasteiger partial charge in [0.1, 0.15) is 0 Å². The molecule has 0 spiro atoms. The Bertz CT molecular complexity index is 178. The summed E-state index contributed by atoms with van der Waals surface area (Å²) < 4.78 is 21.2. The Balaban J connectivity index is 4.68. The first-order chi connectivity index (χ1) is 5.68. The highest BCUT2D eigenvalue weighted by molar-refractivity contribution is 7.75. The van der Waals surface area contributed by atoms with E-state index in [1.54, 1.807) is 0 Å². The molecule has 0 saturated carbocycles. The Morgan fingerprint density at radius 2 is 1.70 bits per heavy atom. The minimum Gasteiger partial charge on any atom is -0.295 e. The maximum absolute atomic E-state index is 11.5. The minimum atomic E-state index is -2.42. The van der Waals surface area contributed by atoms with E-state index >= 15 is 0 Å². The lowest BCUT2D eigenvalue weighted by molar-refractivity contribution is -0.109. The van der Waals surface area contributed by atoms with Crippen LogP contribution in [0.3, 0.4) is 0 Å². The van der Waals surface area contributed by atoms with Gasteiger partial charge in [-0.25, -0.2) is 0 Å². The highest BCUT2D eigenvalue weighted by Crippen LogP contribution is 2.46. The largest absolute Gasteiger partial charge is 0.295 e. The van der Waals surface area contributed by atoms with Crippen molar-refractivity contribution in [3.8, 4) is 0 Å². The van der Waals surface area contributed by atoms with Crippen LogP contribution >= 0.6 is 7.92 Å². The van der Waals surface area contributed by atoms with Crippen molar-refractivity contribution >= 4 is 13.4 Å². The van der Waals surface area contributed by atoms with Crippen LogP contribution in [-0.2, 0) is 4.79 Å². The zero-order valence-corrected chi connectivity index (χ0v) is 7.90. The van der Waals surface area contributed by atoms with Crippen molar-refractivity contribution in [2.24, 2.45) is 0 Å². The highest BCUT2D eigenvalue weighted by atomic mass is 31.1. The second kappa shape index (κ2) is 4.08. The molecule has 0 radical (unpaired) electrons. The molecule has 0 aromatic carbocycles. The first kappa shape index (κ1) is 5.71. The van der Waals surface area contributed by atoms with E-state index in [1.165, 1.54) is 0 Å². The van der Waals surface area contributed by atoms with Crippen molar-refractivity contribution in [2.45, 2.75) is 45.9 Å². The number of carbonyl (C=O) groups is 1. The molecular formula is C8H17OP. The van der Waals surface area contributed by atoms with E-state index in [9.17, 15) is 4.79 Å². The fourth-order valence-corrected chi connectivity index (χ4v) is 3.20. The molecule has 0 aliphatic carbocycles. The predicted molar refractivity (Wildman–Crippen MR) is 47.9 cm³/mol. The smallest absolute Gasteiger partial charge is 0.151 e. The Morgan fingerprint density at radius 3 is 1.80 bits per heavy atom. The van der Waals surface area contributed by atoms with Crippen molar-refractivity contribution in [1.82, 2.24) is 0 Å². The van der Waals surface area contributed by atoms with Crippen molar-refractivity contribution in [3.63, 3.8) is 0 Å². The summed E-state index contributed by atoms with van der Waals surface area (Å²) in [5.74, 6) is 0. The Morgan fingerprint density at radius 1 is 1.30 bits per heavy atom. The number of hydrogen-bond acceptors (Lipinski definition) is 1. The SMILES string of the molecule is [2H]C([2H])([2H])C(=O)P(C(C)C)C(C)C.